The highest BCUT2D eigenvalue weighted by Gasteiger charge is 2.07. The van der Waals surface area contributed by atoms with Crippen LogP contribution in [0.3, 0.4) is 0 Å². The predicted octanol–water partition coefficient (Wildman–Crippen LogP) is 2.91. The van der Waals surface area contributed by atoms with Gasteiger partial charge in [-0.25, -0.2) is 0 Å². The number of rotatable bonds is 7. The van der Waals surface area contributed by atoms with Crippen molar-refractivity contribution in [3.63, 3.8) is 0 Å². The molecule has 2 atom stereocenters. The summed E-state index contributed by atoms with van der Waals surface area (Å²) in [4.78, 5) is 0. The van der Waals surface area contributed by atoms with Gasteiger partial charge < -0.3 is 5.32 Å². The van der Waals surface area contributed by atoms with Gasteiger partial charge >= 0.3 is 0 Å². The van der Waals surface area contributed by atoms with Crippen LogP contribution in [0, 0.1) is 11.8 Å². The van der Waals surface area contributed by atoms with Gasteiger partial charge in [0, 0.05) is 23.5 Å². The lowest BCUT2D eigenvalue weighted by molar-refractivity contribution is 0.581. The van der Waals surface area contributed by atoms with Crippen molar-refractivity contribution in [3.8, 4) is 11.8 Å². The number of hydrogen-bond acceptors (Lipinski definition) is 2. The molecule has 0 rings (SSSR count). The standard InChI is InChI=1S/C12H23NS/c1-5-7-8-9-12(13-4)10-14-11(3)6-2/h11-13H,6,8-10H2,1-4H3. The topological polar surface area (TPSA) is 12.0 Å². The molecule has 0 aliphatic carbocycles. The molecular formula is C12H23NS. The minimum absolute atomic E-state index is 0.620. The van der Waals surface area contributed by atoms with Gasteiger partial charge in [-0.15, -0.1) is 11.8 Å². The second-order valence-corrected chi connectivity index (χ2v) is 4.97. The highest BCUT2D eigenvalue weighted by Crippen LogP contribution is 2.15. The van der Waals surface area contributed by atoms with E-state index in [2.05, 4.69) is 42.8 Å². The highest BCUT2D eigenvalue weighted by molar-refractivity contribution is 7.99. The molecule has 0 spiro atoms. The molecule has 0 heterocycles. The molecule has 2 heteroatoms. The second-order valence-electron chi connectivity index (χ2n) is 3.50. The Labute approximate surface area is 93.4 Å². The summed E-state index contributed by atoms with van der Waals surface area (Å²) < 4.78 is 0. The van der Waals surface area contributed by atoms with Crippen LogP contribution in [-0.4, -0.2) is 24.1 Å². The predicted molar refractivity (Wildman–Crippen MR) is 67.7 cm³/mol. The van der Waals surface area contributed by atoms with E-state index >= 15 is 0 Å². The van der Waals surface area contributed by atoms with Gasteiger partial charge in [-0.2, -0.15) is 11.8 Å². The molecule has 1 N–H and O–H groups in total. The Morgan fingerprint density at radius 3 is 2.64 bits per heavy atom. The monoisotopic (exact) mass is 213 g/mol. The lowest BCUT2D eigenvalue weighted by atomic mass is 10.2. The molecule has 14 heavy (non-hydrogen) atoms. The Hall–Kier alpha value is -0.130. The van der Waals surface area contributed by atoms with Crippen molar-refractivity contribution in [2.75, 3.05) is 12.8 Å². The quantitative estimate of drug-likeness (QED) is 0.653. The van der Waals surface area contributed by atoms with Gasteiger partial charge in [-0.1, -0.05) is 13.8 Å². The summed E-state index contributed by atoms with van der Waals surface area (Å²) in [5.74, 6) is 7.26. The van der Waals surface area contributed by atoms with Crippen LogP contribution in [0.15, 0.2) is 0 Å². The van der Waals surface area contributed by atoms with E-state index in [1.807, 2.05) is 14.0 Å². The van der Waals surface area contributed by atoms with Crippen LogP contribution in [0.2, 0.25) is 0 Å². The number of nitrogens with one attached hydrogen (secondary N) is 1. The number of thioether (sulfide) groups is 1. The van der Waals surface area contributed by atoms with E-state index in [1.54, 1.807) is 0 Å². The molecule has 0 fully saturated rings. The van der Waals surface area contributed by atoms with Crippen LogP contribution in [0.1, 0.15) is 40.0 Å². The smallest absolute Gasteiger partial charge is 0.0164 e. The van der Waals surface area contributed by atoms with Crippen molar-refractivity contribution < 1.29 is 0 Å². The third kappa shape index (κ3) is 7.29. The second kappa shape index (κ2) is 9.43. The zero-order valence-electron chi connectivity index (χ0n) is 9.89. The van der Waals surface area contributed by atoms with Crippen LogP contribution in [0.4, 0.5) is 0 Å². The molecule has 1 nitrogen and oxygen atoms in total. The fourth-order valence-corrected chi connectivity index (χ4v) is 2.21. The van der Waals surface area contributed by atoms with Crippen molar-refractivity contribution in [2.24, 2.45) is 0 Å². The van der Waals surface area contributed by atoms with Gasteiger partial charge in [0.25, 0.3) is 0 Å². The summed E-state index contributed by atoms with van der Waals surface area (Å²) in [5, 5.41) is 4.13. The SMILES string of the molecule is CC#CCCC(CSC(C)CC)NC. The fraction of sp³-hybridized carbons (Fsp3) is 0.833. The van der Waals surface area contributed by atoms with Crippen LogP contribution in [-0.2, 0) is 0 Å². The fourth-order valence-electron chi connectivity index (χ4n) is 1.08. The van der Waals surface area contributed by atoms with Crippen molar-refractivity contribution in [2.45, 2.75) is 51.3 Å². The molecule has 0 aromatic heterocycles. The van der Waals surface area contributed by atoms with Gasteiger partial charge in [0.1, 0.15) is 0 Å². The first-order valence-corrected chi connectivity index (χ1v) is 6.47. The molecule has 0 bridgehead atoms. The summed E-state index contributed by atoms with van der Waals surface area (Å²) in [7, 11) is 2.04. The summed E-state index contributed by atoms with van der Waals surface area (Å²) in [6.07, 6.45) is 3.44. The van der Waals surface area contributed by atoms with Crippen LogP contribution < -0.4 is 5.32 Å². The van der Waals surface area contributed by atoms with Crippen LogP contribution in [0.5, 0.6) is 0 Å². The molecule has 0 aliphatic rings. The zero-order chi connectivity index (χ0) is 10.8. The molecule has 0 saturated heterocycles. The lowest BCUT2D eigenvalue weighted by Gasteiger charge is -2.16. The van der Waals surface area contributed by atoms with E-state index in [0.717, 1.165) is 11.7 Å². The van der Waals surface area contributed by atoms with Crippen molar-refractivity contribution in [1.82, 2.24) is 5.32 Å². The molecule has 82 valence electrons. The first-order chi connectivity index (χ1) is 6.74. The summed E-state index contributed by atoms with van der Waals surface area (Å²) in [5.41, 5.74) is 0. The Balaban J connectivity index is 3.60. The van der Waals surface area contributed by atoms with Gasteiger partial charge in [-0.3, -0.25) is 0 Å². The van der Waals surface area contributed by atoms with E-state index < -0.39 is 0 Å². The van der Waals surface area contributed by atoms with Crippen molar-refractivity contribution in [1.29, 1.82) is 0 Å². The van der Waals surface area contributed by atoms with E-state index in [-0.39, 0.29) is 0 Å². The summed E-state index contributed by atoms with van der Waals surface area (Å²) in [6.45, 7) is 6.44. The first-order valence-electron chi connectivity index (χ1n) is 5.43. The van der Waals surface area contributed by atoms with Gasteiger partial charge in [0.2, 0.25) is 0 Å². The summed E-state index contributed by atoms with van der Waals surface area (Å²) in [6, 6.07) is 0.620. The maximum atomic E-state index is 3.35. The molecule has 0 aromatic rings. The van der Waals surface area contributed by atoms with E-state index in [0.29, 0.717) is 6.04 Å². The molecule has 0 saturated carbocycles. The van der Waals surface area contributed by atoms with Crippen LogP contribution >= 0.6 is 11.8 Å². The van der Waals surface area contributed by atoms with E-state index in [1.165, 1.54) is 18.6 Å². The molecule has 2 unspecified atom stereocenters. The Kier molecular flexibility index (Phi) is 9.34. The van der Waals surface area contributed by atoms with E-state index in [4.69, 9.17) is 0 Å². The maximum absolute atomic E-state index is 3.35. The molecule has 0 radical (unpaired) electrons. The van der Waals surface area contributed by atoms with Crippen molar-refractivity contribution >= 4 is 11.8 Å². The molecule has 0 amide bonds. The Bertz CT molecular complexity index is 180. The van der Waals surface area contributed by atoms with Crippen molar-refractivity contribution in [3.05, 3.63) is 0 Å². The third-order valence-electron chi connectivity index (χ3n) is 2.36. The highest BCUT2D eigenvalue weighted by atomic mass is 32.2. The van der Waals surface area contributed by atoms with Gasteiger partial charge in [-0.05, 0) is 26.8 Å². The third-order valence-corrected chi connectivity index (χ3v) is 3.86. The maximum Gasteiger partial charge on any atom is 0.0164 e. The average Bonchev–Trinajstić information content (AvgIpc) is 2.22. The first kappa shape index (κ1) is 13.9. The summed E-state index contributed by atoms with van der Waals surface area (Å²) >= 11 is 2.06. The minimum Gasteiger partial charge on any atom is -0.316 e. The number of hydrogen-bond donors (Lipinski definition) is 1. The Morgan fingerprint density at radius 2 is 2.14 bits per heavy atom. The molecule has 0 aromatic carbocycles. The lowest BCUT2D eigenvalue weighted by Crippen LogP contribution is -2.28. The van der Waals surface area contributed by atoms with E-state index in [9.17, 15) is 0 Å². The molecule has 0 aliphatic heterocycles. The average molecular weight is 213 g/mol. The molecular weight excluding hydrogens is 190 g/mol. The van der Waals surface area contributed by atoms with Crippen LogP contribution in [0.25, 0.3) is 0 Å². The normalized spacial score (nSPS) is 14.3. The van der Waals surface area contributed by atoms with Gasteiger partial charge in [0.15, 0.2) is 0 Å². The largest absolute Gasteiger partial charge is 0.316 e. The zero-order valence-corrected chi connectivity index (χ0v) is 10.7. The van der Waals surface area contributed by atoms with Gasteiger partial charge in [0.05, 0.1) is 0 Å². The Morgan fingerprint density at radius 1 is 1.43 bits per heavy atom. The minimum atomic E-state index is 0.620.